The number of methoxy groups -OCH3 is 1. The van der Waals surface area contributed by atoms with E-state index in [0.717, 1.165) is 24.7 Å². The fourth-order valence-electron chi connectivity index (χ4n) is 1.88. The SMILES string of the molecule is COC(=O)CCCC[C@H](C)CCCC(C)C. The van der Waals surface area contributed by atoms with Gasteiger partial charge in [-0.05, 0) is 18.3 Å². The first-order valence-electron chi connectivity index (χ1n) is 6.63. The number of unbranched alkanes of at least 4 members (excludes halogenated alkanes) is 1. The number of hydrogen-bond acceptors (Lipinski definition) is 2. The highest BCUT2D eigenvalue weighted by Gasteiger charge is 2.04. The van der Waals surface area contributed by atoms with Gasteiger partial charge in [0, 0.05) is 6.42 Å². The summed E-state index contributed by atoms with van der Waals surface area (Å²) in [5.74, 6) is 1.55. The molecule has 2 nitrogen and oxygen atoms in total. The van der Waals surface area contributed by atoms with Crippen molar-refractivity contribution in [1.82, 2.24) is 0 Å². The van der Waals surface area contributed by atoms with Gasteiger partial charge in [-0.2, -0.15) is 0 Å². The molecule has 0 aromatic carbocycles. The van der Waals surface area contributed by atoms with Crippen molar-refractivity contribution >= 4 is 5.97 Å². The molecule has 0 saturated heterocycles. The molecule has 0 rings (SSSR count). The topological polar surface area (TPSA) is 26.3 Å². The van der Waals surface area contributed by atoms with Crippen molar-refractivity contribution in [2.45, 2.75) is 65.7 Å². The Morgan fingerprint density at radius 3 is 2.19 bits per heavy atom. The van der Waals surface area contributed by atoms with Gasteiger partial charge in [0.2, 0.25) is 0 Å². The van der Waals surface area contributed by atoms with Gasteiger partial charge in [0.1, 0.15) is 0 Å². The second-order valence-electron chi connectivity index (χ2n) is 5.25. The molecule has 0 aliphatic carbocycles. The third kappa shape index (κ3) is 10.0. The summed E-state index contributed by atoms with van der Waals surface area (Å²) in [6.07, 6.45) is 7.96. The van der Waals surface area contributed by atoms with Crippen LogP contribution in [0.5, 0.6) is 0 Å². The summed E-state index contributed by atoms with van der Waals surface area (Å²) < 4.78 is 4.61. The summed E-state index contributed by atoms with van der Waals surface area (Å²) in [4.78, 5) is 10.9. The number of rotatable bonds is 9. The van der Waals surface area contributed by atoms with Crippen molar-refractivity contribution in [2.24, 2.45) is 11.8 Å². The number of hydrogen-bond donors (Lipinski definition) is 0. The molecule has 0 bridgehead atoms. The maximum Gasteiger partial charge on any atom is 0.305 e. The second-order valence-corrected chi connectivity index (χ2v) is 5.25. The highest BCUT2D eigenvalue weighted by Crippen LogP contribution is 2.17. The summed E-state index contributed by atoms with van der Waals surface area (Å²) in [6, 6.07) is 0. The van der Waals surface area contributed by atoms with Crippen LogP contribution in [0.4, 0.5) is 0 Å². The average molecular weight is 228 g/mol. The summed E-state index contributed by atoms with van der Waals surface area (Å²) in [6.45, 7) is 6.88. The van der Waals surface area contributed by atoms with Gasteiger partial charge in [0.25, 0.3) is 0 Å². The predicted molar refractivity (Wildman–Crippen MR) is 68.3 cm³/mol. The molecular weight excluding hydrogens is 200 g/mol. The molecule has 2 heteroatoms. The van der Waals surface area contributed by atoms with Crippen molar-refractivity contribution in [1.29, 1.82) is 0 Å². The quantitative estimate of drug-likeness (QED) is 0.437. The molecule has 96 valence electrons. The Kier molecular flexibility index (Phi) is 9.36. The highest BCUT2D eigenvalue weighted by molar-refractivity contribution is 5.68. The van der Waals surface area contributed by atoms with Gasteiger partial charge in [-0.15, -0.1) is 0 Å². The lowest BCUT2D eigenvalue weighted by molar-refractivity contribution is -0.140. The Labute approximate surface area is 101 Å². The average Bonchev–Trinajstić information content (AvgIpc) is 2.23. The Bertz CT molecular complexity index is 176. The second kappa shape index (κ2) is 9.68. The molecule has 0 unspecified atom stereocenters. The van der Waals surface area contributed by atoms with E-state index in [4.69, 9.17) is 0 Å². The lowest BCUT2D eigenvalue weighted by Gasteiger charge is -2.11. The molecule has 0 heterocycles. The van der Waals surface area contributed by atoms with Gasteiger partial charge in [-0.1, -0.05) is 52.9 Å². The molecule has 0 radical (unpaired) electrons. The molecule has 1 atom stereocenters. The number of ether oxygens (including phenoxy) is 1. The van der Waals surface area contributed by atoms with Crippen LogP contribution in [0.1, 0.15) is 65.7 Å². The molecule has 0 aliphatic heterocycles. The zero-order valence-electron chi connectivity index (χ0n) is 11.4. The van der Waals surface area contributed by atoms with Gasteiger partial charge < -0.3 is 4.74 Å². The standard InChI is InChI=1S/C14H28O2/c1-12(2)8-7-10-13(3)9-5-6-11-14(15)16-4/h12-13H,5-11H2,1-4H3/t13-/m0/s1. The zero-order valence-corrected chi connectivity index (χ0v) is 11.4. The van der Waals surface area contributed by atoms with E-state index in [2.05, 4.69) is 25.5 Å². The Morgan fingerprint density at radius 1 is 1.00 bits per heavy atom. The highest BCUT2D eigenvalue weighted by atomic mass is 16.5. The van der Waals surface area contributed by atoms with Gasteiger partial charge in [0.05, 0.1) is 7.11 Å². The van der Waals surface area contributed by atoms with Gasteiger partial charge in [0.15, 0.2) is 0 Å². The third-order valence-corrected chi connectivity index (χ3v) is 3.03. The Morgan fingerprint density at radius 2 is 1.62 bits per heavy atom. The van der Waals surface area contributed by atoms with Gasteiger partial charge in [-0.25, -0.2) is 0 Å². The van der Waals surface area contributed by atoms with Crippen LogP contribution in [0.3, 0.4) is 0 Å². The molecule has 16 heavy (non-hydrogen) atoms. The van der Waals surface area contributed by atoms with E-state index in [1.165, 1.54) is 32.8 Å². The van der Waals surface area contributed by atoms with Crippen molar-refractivity contribution in [3.8, 4) is 0 Å². The molecule has 0 N–H and O–H groups in total. The minimum absolute atomic E-state index is 0.0764. The van der Waals surface area contributed by atoms with Crippen molar-refractivity contribution in [3.05, 3.63) is 0 Å². The van der Waals surface area contributed by atoms with Crippen LogP contribution >= 0.6 is 0 Å². The van der Waals surface area contributed by atoms with Gasteiger partial charge >= 0.3 is 5.97 Å². The van der Waals surface area contributed by atoms with Crippen LogP contribution in [0.25, 0.3) is 0 Å². The molecule has 0 aromatic heterocycles. The number of esters is 1. The minimum atomic E-state index is -0.0764. The van der Waals surface area contributed by atoms with E-state index in [1.807, 2.05) is 0 Å². The maximum atomic E-state index is 10.9. The van der Waals surface area contributed by atoms with E-state index in [1.54, 1.807) is 0 Å². The van der Waals surface area contributed by atoms with E-state index >= 15 is 0 Å². The fourth-order valence-corrected chi connectivity index (χ4v) is 1.88. The molecular formula is C14H28O2. The third-order valence-electron chi connectivity index (χ3n) is 3.03. The van der Waals surface area contributed by atoms with Crippen LogP contribution < -0.4 is 0 Å². The predicted octanol–water partition coefficient (Wildman–Crippen LogP) is 4.18. The lowest BCUT2D eigenvalue weighted by Crippen LogP contribution is -2.01. The largest absolute Gasteiger partial charge is 0.469 e. The Balaban J connectivity index is 3.30. The van der Waals surface area contributed by atoms with E-state index in [0.29, 0.717) is 6.42 Å². The molecule has 0 fully saturated rings. The lowest BCUT2D eigenvalue weighted by atomic mass is 9.95. The van der Waals surface area contributed by atoms with Crippen LogP contribution in [-0.4, -0.2) is 13.1 Å². The van der Waals surface area contributed by atoms with E-state index in [9.17, 15) is 4.79 Å². The summed E-state index contributed by atoms with van der Waals surface area (Å²) in [7, 11) is 1.46. The molecule has 0 amide bonds. The summed E-state index contributed by atoms with van der Waals surface area (Å²) >= 11 is 0. The number of carbonyl (C=O) groups is 1. The smallest absolute Gasteiger partial charge is 0.305 e. The van der Waals surface area contributed by atoms with Crippen molar-refractivity contribution < 1.29 is 9.53 Å². The normalized spacial score (nSPS) is 12.8. The van der Waals surface area contributed by atoms with Crippen LogP contribution in [0.15, 0.2) is 0 Å². The summed E-state index contributed by atoms with van der Waals surface area (Å²) in [5, 5.41) is 0. The zero-order chi connectivity index (χ0) is 12.4. The maximum absolute atomic E-state index is 10.9. The van der Waals surface area contributed by atoms with E-state index < -0.39 is 0 Å². The minimum Gasteiger partial charge on any atom is -0.469 e. The van der Waals surface area contributed by atoms with Crippen LogP contribution in [0.2, 0.25) is 0 Å². The molecule has 0 aromatic rings. The first-order valence-corrected chi connectivity index (χ1v) is 6.63. The molecule has 0 spiro atoms. The van der Waals surface area contributed by atoms with Gasteiger partial charge in [-0.3, -0.25) is 4.79 Å². The fraction of sp³-hybridized carbons (Fsp3) is 0.929. The molecule has 0 aliphatic rings. The van der Waals surface area contributed by atoms with Crippen LogP contribution in [0, 0.1) is 11.8 Å². The van der Waals surface area contributed by atoms with Crippen molar-refractivity contribution in [3.63, 3.8) is 0 Å². The number of carbonyl (C=O) groups excluding carboxylic acids is 1. The Hall–Kier alpha value is -0.530. The van der Waals surface area contributed by atoms with E-state index in [-0.39, 0.29) is 5.97 Å². The first-order chi connectivity index (χ1) is 7.56. The summed E-state index contributed by atoms with van der Waals surface area (Å²) in [5.41, 5.74) is 0. The molecule has 0 saturated carbocycles. The first kappa shape index (κ1) is 15.5. The van der Waals surface area contributed by atoms with Crippen molar-refractivity contribution in [2.75, 3.05) is 7.11 Å². The van der Waals surface area contributed by atoms with Crippen LogP contribution in [-0.2, 0) is 9.53 Å². The monoisotopic (exact) mass is 228 g/mol.